The molecular weight excluding hydrogens is 521 g/mol. The number of benzene rings is 3. The van der Waals surface area contributed by atoms with Gasteiger partial charge in [-0.1, -0.05) is 62.3 Å². The first-order valence-electron chi connectivity index (χ1n) is 13.7. The van der Waals surface area contributed by atoms with Gasteiger partial charge in [-0.15, -0.1) is 0 Å². The van der Waals surface area contributed by atoms with Gasteiger partial charge in [-0.3, -0.25) is 0 Å². The predicted molar refractivity (Wildman–Crippen MR) is 171 cm³/mol. The third kappa shape index (κ3) is 7.18. The molecule has 2 heteroatoms. The van der Waals surface area contributed by atoms with E-state index in [1.165, 1.54) is 27.8 Å². The molecule has 0 atom stereocenters. The van der Waals surface area contributed by atoms with Crippen molar-refractivity contribution in [2.45, 2.75) is 98.2 Å². The van der Waals surface area contributed by atoms with E-state index in [-0.39, 0.29) is 0 Å². The van der Waals surface area contributed by atoms with Crippen LogP contribution in [0.25, 0.3) is 8.81 Å². The van der Waals surface area contributed by atoms with Gasteiger partial charge in [-0.25, -0.2) is 0 Å². The van der Waals surface area contributed by atoms with E-state index in [1.807, 2.05) is 0 Å². The second-order valence-electron chi connectivity index (χ2n) is 13.8. The van der Waals surface area contributed by atoms with Crippen LogP contribution in [0.1, 0.15) is 90.1 Å². The quantitative estimate of drug-likeness (QED) is 0.276. The Kier molecular flexibility index (Phi) is 8.92. The van der Waals surface area contributed by atoms with Crippen LogP contribution in [0.5, 0.6) is 0 Å². The fourth-order valence-corrected chi connectivity index (χ4v) is 20.9. The molecule has 0 saturated heterocycles. The van der Waals surface area contributed by atoms with Crippen molar-refractivity contribution in [1.29, 1.82) is 0 Å². The average Bonchev–Trinajstić information content (AvgIpc) is 3.46. The summed E-state index contributed by atoms with van der Waals surface area (Å²) in [6, 6.07) is 26.7. The molecule has 0 N–H and O–H groups in total. The van der Waals surface area contributed by atoms with Gasteiger partial charge in [0.05, 0.1) is 8.80 Å². The molecule has 0 bridgehead atoms. The van der Waals surface area contributed by atoms with E-state index in [2.05, 4.69) is 156 Å². The van der Waals surface area contributed by atoms with Crippen LogP contribution in [0.3, 0.4) is 0 Å². The number of rotatable bonds is 3. The Labute approximate surface area is 234 Å². The van der Waals surface area contributed by atoms with E-state index in [4.69, 9.17) is 0 Å². The van der Waals surface area contributed by atoms with Crippen LogP contribution >= 0.6 is 0 Å². The van der Waals surface area contributed by atoms with Crippen LogP contribution in [0.4, 0.5) is 0 Å². The number of aryl methyl sites for hydroxylation is 3. The SMILES string of the molecule is CC(C)(C)[Si](C(C)(C)C)C(C)(C)C.Cc1cc(C)[c]([Ge]2[C](c3ccccc3)=[C]2c2ccccc2)c(C)c1. The first kappa shape index (κ1) is 29.7. The van der Waals surface area contributed by atoms with E-state index >= 15 is 0 Å². The zero-order chi connectivity index (χ0) is 27.8. The summed E-state index contributed by atoms with van der Waals surface area (Å²) in [5.74, 6) is 0. The zero-order valence-corrected chi connectivity index (χ0v) is 28.5. The van der Waals surface area contributed by atoms with Gasteiger partial charge in [0.25, 0.3) is 0 Å². The molecule has 3 aromatic rings. The van der Waals surface area contributed by atoms with Gasteiger partial charge in [0.1, 0.15) is 0 Å². The Morgan fingerprint density at radius 1 is 0.514 bits per heavy atom. The van der Waals surface area contributed by atoms with Crippen molar-refractivity contribution in [1.82, 2.24) is 0 Å². The first-order chi connectivity index (χ1) is 17.0. The molecule has 1 aliphatic heterocycles. The van der Waals surface area contributed by atoms with Gasteiger partial charge in [0, 0.05) is 0 Å². The monoisotopic (exact) mass is 570 g/mol. The first-order valence-corrected chi connectivity index (χ1v) is 18.4. The Morgan fingerprint density at radius 3 is 1.11 bits per heavy atom. The Balaban J connectivity index is 0.000000251. The second kappa shape index (κ2) is 11.1. The van der Waals surface area contributed by atoms with Crippen LogP contribution in [-0.4, -0.2) is 23.1 Å². The van der Waals surface area contributed by atoms with Crippen LogP contribution in [0.15, 0.2) is 72.8 Å². The van der Waals surface area contributed by atoms with E-state index in [9.17, 15) is 0 Å². The summed E-state index contributed by atoms with van der Waals surface area (Å²) in [6.07, 6.45) is 0. The van der Waals surface area contributed by atoms with Crippen molar-refractivity contribution in [3.63, 3.8) is 0 Å². The van der Waals surface area contributed by atoms with Gasteiger partial charge < -0.3 is 0 Å². The molecule has 1 aliphatic rings. The summed E-state index contributed by atoms with van der Waals surface area (Å²) >= 11 is -1.56. The molecule has 0 spiro atoms. The van der Waals surface area contributed by atoms with Crippen LogP contribution in [0, 0.1) is 20.8 Å². The Bertz CT molecular complexity index is 1130. The summed E-state index contributed by atoms with van der Waals surface area (Å²) in [5, 5.41) is 1.46. The predicted octanol–water partition coefficient (Wildman–Crippen LogP) is 9.90. The molecule has 0 unspecified atom stereocenters. The van der Waals surface area contributed by atoms with Crippen molar-refractivity contribution in [2.75, 3.05) is 0 Å². The maximum atomic E-state index is 2.40. The van der Waals surface area contributed by atoms with Gasteiger partial charge >= 0.3 is 149 Å². The normalized spacial score (nSPS) is 14.5. The molecule has 2 radical (unpaired) electrons. The molecule has 0 saturated carbocycles. The van der Waals surface area contributed by atoms with Crippen molar-refractivity contribution >= 4 is 36.4 Å². The van der Waals surface area contributed by atoms with Crippen LogP contribution in [0.2, 0.25) is 15.1 Å². The van der Waals surface area contributed by atoms with E-state index < -0.39 is 23.1 Å². The van der Waals surface area contributed by atoms with Crippen molar-refractivity contribution in [3.05, 3.63) is 101 Å². The molecule has 37 heavy (non-hydrogen) atoms. The van der Waals surface area contributed by atoms with Gasteiger partial charge in [0.2, 0.25) is 0 Å². The molecular formula is C35H48GeSi. The van der Waals surface area contributed by atoms with E-state index in [0.717, 1.165) is 0 Å². The number of hydrogen-bond donors (Lipinski definition) is 0. The molecule has 0 aromatic heterocycles. The Hall–Kier alpha value is -1.84. The minimum atomic E-state index is -1.56. The van der Waals surface area contributed by atoms with Crippen molar-refractivity contribution < 1.29 is 0 Å². The van der Waals surface area contributed by atoms with E-state index in [1.54, 1.807) is 13.2 Å². The molecule has 0 amide bonds. The van der Waals surface area contributed by atoms with E-state index in [0.29, 0.717) is 15.1 Å². The zero-order valence-electron chi connectivity index (χ0n) is 25.4. The van der Waals surface area contributed by atoms with Gasteiger partial charge in [0.15, 0.2) is 0 Å². The second-order valence-corrected chi connectivity index (χ2v) is 23.7. The summed E-state index contributed by atoms with van der Waals surface area (Å²) in [6.45, 7) is 28.4. The third-order valence-electron chi connectivity index (χ3n) is 6.99. The molecule has 196 valence electrons. The van der Waals surface area contributed by atoms with Crippen molar-refractivity contribution in [2.24, 2.45) is 0 Å². The summed E-state index contributed by atoms with van der Waals surface area (Å²) in [4.78, 5) is 0. The number of hydrogen-bond acceptors (Lipinski definition) is 0. The summed E-state index contributed by atoms with van der Waals surface area (Å²) in [7, 11) is -0.391. The summed E-state index contributed by atoms with van der Waals surface area (Å²) in [5.41, 5.74) is 7.16. The summed E-state index contributed by atoms with van der Waals surface area (Å²) < 4.78 is 4.95. The third-order valence-corrected chi connectivity index (χ3v) is 18.0. The standard InChI is InChI=1S/C23H21Ge.C12H27Si/c1-16-14-17(2)21(18(3)15-16)24-22(19-10-6-4-7-11-19)23(24)20-12-8-5-9-13-20;1-10(2,3)13(11(4,5)6)12(7,8)9/h4-15H,1-3H3;1-9H3. The maximum absolute atomic E-state index is 2.40. The molecule has 0 aliphatic carbocycles. The molecule has 0 nitrogen and oxygen atoms in total. The fraction of sp³-hybridized carbons (Fsp3) is 0.429. The average molecular weight is 569 g/mol. The molecule has 1 heterocycles. The fourth-order valence-electron chi connectivity index (χ4n) is 7.17. The minimum absolute atomic E-state index is 0.391. The topological polar surface area (TPSA) is 0 Å². The van der Waals surface area contributed by atoms with Crippen molar-refractivity contribution in [3.8, 4) is 0 Å². The molecule has 0 fully saturated rings. The van der Waals surface area contributed by atoms with Crippen LogP contribution in [-0.2, 0) is 0 Å². The molecule has 4 rings (SSSR count). The van der Waals surface area contributed by atoms with Gasteiger partial charge in [-0.05, 0) is 15.1 Å². The Morgan fingerprint density at radius 2 is 0.838 bits per heavy atom. The van der Waals surface area contributed by atoms with Crippen LogP contribution < -0.4 is 4.40 Å². The van der Waals surface area contributed by atoms with Gasteiger partial charge in [-0.2, -0.15) is 0 Å². The molecule has 3 aromatic carbocycles.